The number of aryl methyl sites for hydroxylation is 1. The van der Waals surface area contributed by atoms with Gasteiger partial charge in [0.05, 0.1) is 11.8 Å². The van der Waals surface area contributed by atoms with E-state index in [4.69, 9.17) is 0 Å². The number of carbonyl (C=O) groups is 1. The van der Waals surface area contributed by atoms with Crippen molar-refractivity contribution in [2.75, 3.05) is 13.1 Å². The molecule has 1 saturated heterocycles. The standard InChI is InChI=1S/C21H30N4O/c1-3-4-13-25-17(2)20(15-23-25)21(26)22-14-18-7-9-19(10-8-18)16-24-11-5-6-12-24/h7-10,15H,3-6,11-14,16H2,1-2H3,(H,22,26). The number of rotatable bonds is 8. The maximum absolute atomic E-state index is 12.5. The molecular weight excluding hydrogens is 324 g/mol. The lowest BCUT2D eigenvalue weighted by molar-refractivity contribution is 0.0950. The van der Waals surface area contributed by atoms with E-state index in [-0.39, 0.29) is 5.91 Å². The number of hydrogen-bond acceptors (Lipinski definition) is 3. The summed E-state index contributed by atoms with van der Waals surface area (Å²) < 4.78 is 1.92. The largest absolute Gasteiger partial charge is 0.348 e. The van der Waals surface area contributed by atoms with Crippen molar-refractivity contribution in [1.29, 1.82) is 0 Å². The zero-order valence-corrected chi connectivity index (χ0v) is 16.0. The summed E-state index contributed by atoms with van der Waals surface area (Å²) in [6.07, 6.45) is 6.51. The second kappa shape index (κ2) is 8.99. The molecule has 0 spiro atoms. The van der Waals surface area contributed by atoms with Crippen LogP contribution in [-0.2, 0) is 19.6 Å². The summed E-state index contributed by atoms with van der Waals surface area (Å²) in [7, 11) is 0. The Kier molecular flexibility index (Phi) is 6.45. The summed E-state index contributed by atoms with van der Waals surface area (Å²) >= 11 is 0. The number of aromatic nitrogens is 2. The van der Waals surface area contributed by atoms with E-state index < -0.39 is 0 Å². The molecule has 1 N–H and O–H groups in total. The van der Waals surface area contributed by atoms with Crippen LogP contribution < -0.4 is 5.32 Å². The Balaban J connectivity index is 1.51. The lowest BCUT2D eigenvalue weighted by Crippen LogP contribution is -2.23. The van der Waals surface area contributed by atoms with E-state index in [2.05, 4.69) is 46.5 Å². The molecule has 3 rings (SSSR count). The highest BCUT2D eigenvalue weighted by atomic mass is 16.1. The molecule has 0 unspecified atom stereocenters. The average molecular weight is 354 g/mol. The molecule has 140 valence electrons. The van der Waals surface area contributed by atoms with Crippen molar-refractivity contribution >= 4 is 5.91 Å². The number of benzene rings is 1. The number of hydrogen-bond donors (Lipinski definition) is 1. The zero-order chi connectivity index (χ0) is 18.4. The average Bonchev–Trinajstić information content (AvgIpc) is 3.29. The molecule has 0 radical (unpaired) electrons. The van der Waals surface area contributed by atoms with Crippen molar-refractivity contribution in [3.05, 3.63) is 52.8 Å². The number of nitrogens with zero attached hydrogens (tertiary/aromatic N) is 3. The molecule has 1 aromatic heterocycles. The van der Waals surface area contributed by atoms with Crippen molar-refractivity contribution in [1.82, 2.24) is 20.0 Å². The molecule has 2 aromatic rings. The number of likely N-dealkylation sites (tertiary alicyclic amines) is 1. The van der Waals surface area contributed by atoms with Crippen molar-refractivity contribution in [3.63, 3.8) is 0 Å². The van der Waals surface area contributed by atoms with Gasteiger partial charge in [0.25, 0.3) is 5.91 Å². The molecule has 0 bridgehead atoms. The van der Waals surface area contributed by atoms with Gasteiger partial charge in [-0.1, -0.05) is 37.6 Å². The fourth-order valence-corrected chi connectivity index (χ4v) is 3.44. The van der Waals surface area contributed by atoms with Crippen molar-refractivity contribution in [2.24, 2.45) is 0 Å². The molecular formula is C21H30N4O. The quantitative estimate of drug-likeness (QED) is 0.789. The highest BCUT2D eigenvalue weighted by Gasteiger charge is 2.14. The first-order valence-corrected chi connectivity index (χ1v) is 9.78. The van der Waals surface area contributed by atoms with Crippen LogP contribution in [0.15, 0.2) is 30.5 Å². The van der Waals surface area contributed by atoms with Crippen LogP contribution >= 0.6 is 0 Å². The summed E-state index contributed by atoms with van der Waals surface area (Å²) in [5, 5.41) is 7.36. The monoisotopic (exact) mass is 354 g/mol. The Morgan fingerprint density at radius 3 is 2.54 bits per heavy atom. The maximum Gasteiger partial charge on any atom is 0.255 e. The Morgan fingerprint density at radius 1 is 1.15 bits per heavy atom. The molecule has 0 atom stereocenters. The Bertz CT molecular complexity index is 714. The lowest BCUT2D eigenvalue weighted by Gasteiger charge is -2.14. The number of nitrogens with one attached hydrogen (secondary N) is 1. The van der Waals surface area contributed by atoms with Gasteiger partial charge in [-0.15, -0.1) is 0 Å². The van der Waals surface area contributed by atoms with E-state index in [1.165, 1.54) is 31.5 Å². The number of amides is 1. The van der Waals surface area contributed by atoms with E-state index in [9.17, 15) is 4.79 Å². The summed E-state index contributed by atoms with van der Waals surface area (Å²) in [6, 6.07) is 8.58. The topological polar surface area (TPSA) is 50.2 Å². The normalized spacial score (nSPS) is 14.7. The summed E-state index contributed by atoms with van der Waals surface area (Å²) in [4.78, 5) is 14.9. The minimum Gasteiger partial charge on any atom is -0.348 e. The second-order valence-electron chi connectivity index (χ2n) is 7.20. The summed E-state index contributed by atoms with van der Waals surface area (Å²) in [6.45, 7) is 8.99. The van der Waals surface area contributed by atoms with Crippen LogP contribution in [0, 0.1) is 6.92 Å². The predicted molar refractivity (Wildman–Crippen MR) is 104 cm³/mol. The van der Waals surface area contributed by atoms with Crippen molar-refractivity contribution in [3.8, 4) is 0 Å². The first-order chi connectivity index (χ1) is 12.7. The molecule has 1 amide bonds. The Hall–Kier alpha value is -2.14. The molecule has 1 aliphatic rings. The van der Waals surface area contributed by atoms with Crippen LogP contribution in [0.5, 0.6) is 0 Å². The van der Waals surface area contributed by atoms with Gasteiger partial charge < -0.3 is 5.32 Å². The third kappa shape index (κ3) is 4.73. The Morgan fingerprint density at radius 2 is 1.85 bits per heavy atom. The van der Waals surface area contributed by atoms with E-state index in [1.807, 2.05) is 11.6 Å². The molecule has 1 aromatic carbocycles. The van der Waals surface area contributed by atoms with Gasteiger partial charge >= 0.3 is 0 Å². The smallest absolute Gasteiger partial charge is 0.255 e. The third-order valence-electron chi connectivity index (χ3n) is 5.15. The number of carbonyl (C=O) groups excluding carboxylic acids is 1. The van der Waals surface area contributed by atoms with Gasteiger partial charge in [-0.25, -0.2) is 0 Å². The lowest BCUT2D eigenvalue weighted by atomic mass is 10.1. The minimum absolute atomic E-state index is 0.0496. The Labute approximate surface area is 156 Å². The minimum atomic E-state index is -0.0496. The van der Waals surface area contributed by atoms with E-state index >= 15 is 0 Å². The molecule has 5 heteroatoms. The highest BCUT2D eigenvalue weighted by Crippen LogP contribution is 2.14. The number of unbranched alkanes of at least 4 members (excludes halogenated alkanes) is 1. The van der Waals surface area contributed by atoms with Gasteiger partial charge in [-0.3, -0.25) is 14.4 Å². The van der Waals surface area contributed by atoms with E-state index in [1.54, 1.807) is 6.20 Å². The second-order valence-corrected chi connectivity index (χ2v) is 7.20. The third-order valence-corrected chi connectivity index (χ3v) is 5.15. The van der Waals surface area contributed by atoms with Crippen LogP contribution in [0.25, 0.3) is 0 Å². The molecule has 2 heterocycles. The van der Waals surface area contributed by atoms with E-state index in [0.717, 1.165) is 37.2 Å². The van der Waals surface area contributed by atoms with Gasteiger partial charge in [0.1, 0.15) is 0 Å². The van der Waals surface area contributed by atoms with Crippen LogP contribution in [0.4, 0.5) is 0 Å². The predicted octanol–water partition coefficient (Wildman–Crippen LogP) is 3.52. The molecule has 26 heavy (non-hydrogen) atoms. The first kappa shape index (κ1) is 18.6. The molecule has 5 nitrogen and oxygen atoms in total. The van der Waals surface area contributed by atoms with Crippen LogP contribution in [0.2, 0.25) is 0 Å². The van der Waals surface area contributed by atoms with Crippen LogP contribution in [-0.4, -0.2) is 33.7 Å². The molecule has 1 fully saturated rings. The molecule has 0 saturated carbocycles. The van der Waals surface area contributed by atoms with Crippen molar-refractivity contribution < 1.29 is 4.79 Å². The van der Waals surface area contributed by atoms with Gasteiger partial charge in [0, 0.05) is 25.3 Å². The highest BCUT2D eigenvalue weighted by molar-refractivity contribution is 5.94. The first-order valence-electron chi connectivity index (χ1n) is 9.78. The molecule has 0 aliphatic carbocycles. The van der Waals surface area contributed by atoms with Gasteiger partial charge in [-0.2, -0.15) is 5.10 Å². The fraction of sp³-hybridized carbons (Fsp3) is 0.524. The van der Waals surface area contributed by atoms with Gasteiger partial charge in [0.15, 0.2) is 0 Å². The van der Waals surface area contributed by atoms with E-state index in [0.29, 0.717) is 12.1 Å². The van der Waals surface area contributed by atoms with Gasteiger partial charge in [-0.05, 0) is 50.4 Å². The SMILES string of the molecule is CCCCn1ncc(C(=O)NCc2ccc(CN3CCCC3)cc2)c1C. The van der Waals surface area contributed by atoms with Crippen molar-refractivity contribution in [2.45, 2.75) is 59.2 Å². The maximum atomic E-state index is 12.5. The van der Waals surface area contributed by atoms with Gasteiger partial charge in [0.2, 0.25) is 0 Å². The zero-order valence-electron chi connectivity index (χ0n) is 16.0. The van der Waals surface area contributed by atoms with Crippen LogP contribution in [0.3, 0.4) is 0 Å². The summed E-state index contributed by atoms with van der Waals surface area (Å²) in [5.74, 6) is -0.0496. The van der Waals surface area contributed by atoms with Crippen LogP contribution in [0.1, 0.15) is 59.8 Å². The summed E-state index contributed by atoms with van der Waals surface area (Å²) in [5.41, 5.74) is 4.08. The molecule has 1 aliphatic heterocycles. The fourth-order valence-electron chi connectivity index (χ4n) is 3.44.